The summed E-state index contributed by atoms with van der Waals surface area (Å²) in [5.41, 5.74) is 4.18. The normalized spacial score (nSPS) is 14.2. The van der Waals surface area contributed by atoms with Crippen LogP contribution in [0.3, 0.4) is 0 Å². The van der Waals surface area contributed by atoms with Crippen molar-refractivity contribution in [2.45, 2.75) is 90.8 Å². The van der Waals surface area contributed by atoms with Gasteiger partial charge in [0.1, 0.15) is 6.04 Å². The number of nitrogens with one attached hydrogen (secondary N) is 1. The maximum absolute atomic E-state index is 14.1. The second-order valence-electron chi connectivity index (χ2n) is 11.2. The highest BCUT2D eigenvalue weighted by molar-refractivity contribution is 5.88. The van der Waals surface area contributed by atoms with Crippen molar-refractivity contribution in [2.75, 3.05) is 13.2 Å². The van der Waals surface area contributed by atoms with Gasteiger partial charge in [0.05, 0.1) is 13.2 Å². The Hall–Kier alpha value is -3.80. The molecule has 1 fully saturated rings. The Morgan fingerprint density at radius 2 is 1.55 bits per heavy atom. The van der Waals surface area contributed by atoms with Crippen molar-refractivity contribution < 1.29 is 19.1 Å². The molecule has 2 amide bonds. The van der Waals surface area contributed by atoms with Gasteiger partial charge in [0, 0.05) is 25.4 Å². The van der Waals surface area contributed by atoms with Crippen LogP contribution in [0, 0.1) is 6.92 Å². The van der Waals surface area contributed by atoms with Crippen molar-refractivity contribution in [1.29, 1.82) is 0 Å². The summed E-state index contributed by atoms with van der Waals surface area (Å²) < 4.78 is 11.5. The number of aryl methyl sites for hydroxylation is 2. The molecule has 1 aliphatic carbocycles. The van der Waals surface area contributed by atoms with Gasteiger partial charge >= 0.3 is 0 Å². The van der Waals surface area contributed by atoms with E-state index in [1.165, 1.54) is 6.42 Å². The molecule has 224 valence electrons. The second-order valence-corrected chi connectivity index (χ2v) is 11.2. The van der Waals surface area contributed by atoms with Gasteiger partial charge in [0.25, 0.3) is 0 Å². The zero-order chi connectivity index (χ0) is 29.7. The monoisotopic (exact) mass is 570 g/mol. The van der Waals surface area contributed by atoms with Gasteiger partial charge in [-0.2, -0.15) is 0 Å². The van der Waals surface area contributed by atoms with E-state index in [1.807, 2.05) is 74.5 Å². The Kier molecular flexibility index (Phi) is 11.9. The summed E-state index contributed by atoms with van der Waals surface area (Å²) in [5, 5.41) is 3.32. The van der Waals surface area contributed by atoms with E-state index in [0.717, 1.165) is 47.9 Å². The van der Waals surface area contributed by atoms with Gasteiger partial charge in [-0.25, -0.2) is 0 Å². The molecular formula is C36H46N2O4. The maximum atomic E-state index is 14.1. The number of carbonyl (C=O) groups excluding carboxylic acids is 2. The maximum Gasteiger partial charge on any atom is 0.243 e. The number of ether oxygens (including phenoxy) is 2. The third kappa shape index (κ3) is 9.10. The minimum absolute atomic E-state index is 0.0388. The minimum atomic E-state index is -0.610. The van der Waals surface area contributed by atoms with Gasteiger partial charge in [-0.15, -0.1) is 0 Å². The molecule has 0 unspecified atom stereocenters. The van der Waals surface area contributed by atoms with Crippen LogP contribution >= 0.6 is 0 Å². The lowest BCUT2D eigenvalue weighted by Gasteiger charge is -2.33. The van der Waals surface area contributed by atoms with Crippen LogP contribution in [0.2, 0.25) is 0 Å². The first-order valence-corrected chi connectivity index (χ1v) is 15.5. The summed E-state index contributed by atoms with van der Waals surface area (Å²) in [5.74, 6) is 1.29. The van der Waals surface area contributed by atoms with Crippen molar-refractivity contribution in [3.63, 3.8) is 0 Å². The molecule has 0 aliphatic heterocycles. The second kappa shape index (κ2) is 16.0. The highest BCUT2D eigenvalue weighted by Crippen LogP contribution is 2.29. The molecule has 0 bridgehead atoms. The lowest BCUT2D eigenvalue weighted by atomic mass is 9.94. The lowest BCUT2D eigenvalue weighted by Crippen LogP contribution is -2.52. The molecule has 3 aromatic carbocycles. The van der Waals surface area contributed by atoms with E-state index in [0.29, 0.717) is 44.1 Å². The number of hydrogen-bond acceptors (Lipinski definition) is 4. The smallest absolute Gasteiger partial charge is 0.243 e. The Labute approximate surface area is 251 Å². The van der Waals surface area contributed by atoms with Crippen LogP contribution in [0.5, 0.6) is 11.5 Å². The van der Waals surface area contributed by atoms with Crippen molar-refractivity contribution in [2.24, 2.45) is 0 Å². The van der Waals surface area contributed by atoms with Crippen LogP contribution in [0.1, 0.15) is 74.6 Å². The van der Waals surface area contributed by atoms with Crippen LogP contribution in [0.15, 0.2) is 72.8 Å². The molecule has 1 aliphatic rings. The Bertz CT molecular complexity index is 1290. The van der Waals surface area contributed by atoms with E-state index in [-0.39, 0.29) is 24.3 Å². The molecule has 1 N–H and O–H groups in total. The number of carbonyl (C=O) groups is 2. The zero-order valence-corrected chi connectivity index (χ0v) is 25.4. The minimum Gasteiger partial charge on any atom is -0.490 e. The molecule has 0 heterocycles. The van der Waals surface area contributed by atoms with Crippen molar-refractivity contribution in [1.82, 2.24) is 10.2 Å². The largest absolute Gasteiger partial charge is 0.490 e. The van der Waals surface area contributed by atoms with E-state index in [2.05, 4.69) is 24.4 Å². The summed E-state index contributed by atoms with van der Waals surface area (Å²) in [4.78, 5) is 29.9. The summed E-state index contributed by atoms with van der Waals surface area (Å²) in [6, 6.07) is 23.6. The number of rotatable bonds is 14. The van der Waals surface area contributed by atoms with Crippen molar-refractivity contribution >= 4 is 11.8 Å². The van der Waals surface area contributed by atoms with E-state index in [1.54, 1.807) is 4.90 Å². The zero-order valence-electron chi connectivity index (χ0n) is 25.4. The molecule has 0 radical (unpaired) electrons. The van der Waals surface area contributed by atoms with Gasteiger partial charge in [0.15, 0.2) is 11.5 Å². The first kappa shape index (κ1) is 31.1. The molecule has 3 aromatic rings. The molecule has 4 rings (SSSR count). The van der Waals surface area contributed by atoms with Crippen molar-refractivity contribution in [3.8, 4) is 11.5 Å². The van der Waals surface area contributed by atoms with E-state index >= 15 is 0 Å². The molecule has 1 saturated carbocycles. The van der Waals surface area contributed by atoms with Gasteiger partial charge in [-0.05, 0) is 68.9 Å². The number of benzene rings is 3. The molecule has 0 saturated heterocycles. The molecular weight excluding hydrogens is 524 g/mol. The fourth-order valence-electron chi connectivity index (χ4n) is 5.75. The summed E-state index contributed by atoms with van der Waals surface area (Å²) in [6.07, 6.45) is 6.76. The lowest BCUT2D eigenvalue weighted by molar-refractivity contribution is -0.141. The molecule has 0 spiro atoms. The Morgan fingerprint density at radius 3 is 2.26 bits per heavy atom. The van der Waals surface area contributed by atoms with E-state index < -0.39 is 6.04 Å². The summed E-state index contributed by atoms with van der Waals surface area (Å²) >= 11 is 0. The first-order valence-electron chi connectivity index (χ1n) is 15.5. The number of nitrogens with zero attached hydrogens (tertiary/aromatic N) is 1. The van der Waals surface area contributed by atoms with Crippen LogP contribution in [-0.2, 0) is 29.0 Å². The van der Waals surface area contributed by atoms with Crippen LogP contribution in [0.25, 0.3) is 0 Å². The number of amides is 2. The third-order valence-corrected chi connectivity index (χ3v) is 7.89. The summed E-state index contributed by atoms with van der Waals surface area (Å²) in [6.45, 7) is 7.40. The number of hydrogen-bond donors (Lipinski definition) is 1. The van der Waals surface area contributed by atoms with Gasteiger partial charge in [0.2, 0.25) is 11.8 Å². The highest BCUT2D eigenvalue weighted by Gasteiger charge is 2.31. The fraction of sp³-hybridized carbons (Fsp3) is 0.444. The van der Waals surface area contributed by atoms with Crippen LogP contribution in [-0.4, -0.2) is 42.0 Å². The molecule has 0 aromatic heterocycles. The fourth-order valence-corrected chi connectivity index (χ4v) is 5.75. The van der Waals surface area contributed by atoms with Crippen LogP contribution in [0.4, 0.5) is 0 Å². The summed E-state index contributed by atoms with van der Waals surface area (Å²) in [7, 11) is 0. The SMILES string of the molecule is CCOc1ccc(CCC(=O)N(Cc2cccc(C)c2)[C@@H](Cc2ccccc2)C(=O)NC2CCCCC2)cc1OCC. The first-order chi connectivity index (χ1) is 20.5. The molecule has 6 nitrogen and oxygen atoms in total. The van der Waals surface area contributed by atoms with Gasteiger partial charge in [-0.3, -0.25) is 9.59 Å². The highest BCUT2D eigenvalue weighted by atomic mass is 16.5. The van der Waals surface area contributed by atoms with Gasteiger partial charge < -0.3 is 19.7 Å². The van der Waals surface area contributed by atoms with Crippen molar-refractivity contribution in [3.05, 3.63) is 95.1 Å². The predicted octanol–water partition coefficient (Wildman–Crippen LogP) is 6.81. The average molecular weight is 571 g/mol. The predicted molar refractivity (Wildman–Crippen MR) is 168 cm³/mol. The Balaban J connectivity index is 1.60. The standard InChI is InChI=1S/C36H46N2O4/c1-4-41-33-21-19-29(25-34(33)42-5-2)20-22-35(39)38(26-30-16-12-13-27(3)23-30)32(24-28-14-8-6-9-15-28)36(40)37-31-17-10-7-11-18-31/h6,8-9,12-16,19,21,23,25,31-32H,4-5,7,10-11,17-18,20,22,24,26H2,1-3H3,(H,37,40)/t32-/m0/s1. The quantitative estimate of drug-likeness (QED) is 0.231. The third-order valence-electron chi connectivity index (χ3n) is 7.89. The average Bonchev–Trinajstić information content (AvgIpc) is 3.00. The van der Waals surface area contributed by atoms with Crippen LogP contribution < -0.4 is 14.8 Å². The molecule has 6 heteroatoms. The Morgan fingerprint density at radius 1 is 0.833 bits per heavy atom. The van der Waals surface area contributed by atoms with Gasteiger partial charge in [-0.1, -0.05) is 85.5 Å². The van der Waals surface area contributed by atoms with E-state index in [4.69, 9.17) is 9.47 Å². The topological polar surface area (TPSA) is 67.9 Å². The molecule has 42 heavy (non-hydrogen) atoms. The van der Waals surface area contributed by atoms with E-state index in [9.17, 15) is 9.59 Å². The molecule has 1 atom stereocenters.